The molecule has 35 heavy (non-hydrogen) atoms. The average Bonchev–Trinajstić information content (AvgIpc) is 2.89. The Morgan fingerprint density at radius 3 is 1.83 bits per heavy atom. The molecular weight excluding hydrogens is 463 g/mol. The van der Waals surface area contributed by atoms with Gasteiger partial charge >= 0.3 is 11.9 Å². The van der Waals surface area contributed by atoms with Crippen LogP contribution in [-0.2, 0) is 18.9 Å². The molecule has 2 aliphatic rings. The van der Waals surface area contributed by atoms with Crippen LogP contribution in [0.1, 0.15) is 45.4 Å². The summed E-state index contributed by atoms with van der Waals surface area (Å²) in [7, 11) is -3.22. The van der Waals surface area contributed by atoms with Crippen molar-refractivity contribution in [2.24, 2.45) is 11.3 Å². The van der Waals surface area contributed by atoms with E-state index >= 15 is 0 Å². The van der Waals surface area contributed by atoms with Crippen molar-refractivity contribution >= 4 is 35.2 Å². The molecule has 1 fully saturated rings. The highest BCUT2D eigenvalue weighted by atomic mass is 31.2. The zero-order valence-corrected chi connectivity index (χ0v) is 20.7. The molecule has 6 nitrogen and oxygen atoms in total. The lowest BCUT2D eigenvalue weighted by atomic mass is 9.80. The van der Waals surface area contributed by atoms with E-state index in [0.29, 0.717) is 10.6 Å². The first-order valence-corrected chi connectivity index (χ1v) is 13.5. The Labute approximate surface area is 205 Å². The Bertz CT molecular complexity index is 1120. The average molecular weight is 495 g/mol. The Hall–Kier alpha value is -3.24. The summed E-state index contributed by atoms with van der Waals surface area (Å²) in [5, 5.41) is 18.8. The molecule has 0 spiro atoms. The van der Waals surface area contributed by atoms with Gasteiger partial charge in [-0.2, -0.15) is 0 Å². The quantitative estimate of drug-likeness (QED) is 0.538. The van der Waals surface area contributed by atoms with Crippen molar-refractivity contribution < 1.29 is 29.2 Å². The van der Waals surface area contributed by atoms with Crippen LogP contribution in [0, 0.1) is 11.3 Å². The molecule has 2 aliphatic carbocycles. The van der Waals surface area contributed by atoms with Gasteiger partial charge in [-0.15, -0.1) is 0 Å². The van der Waals surface area contributed by atoms with Crippen molar-refractivity contribution in [3.8, 4) is 0 Å². The van der Waals surface area contributed by atoms with E-state index < -0.39 is 24.5 Å². The molecule has 2 aromatic rings. The van der Waals surface area contributed by atoms with Crippen LogP contribution in [0.5, 0.6) is 0 Å². The summed E-state index contributed by atoms with van der Waals surface area (Å²) in [4.78, 5) is 34.5. The molecule has 0 amide bonds. The van der Waals surface area contributed by atoms with Crippen molar-refractivity contribution in [2.75, 3.05) is 0 Å². The highest BCUT2D eigenvalue weighted by molar-refractivity contribution is 7.93. The van der Waals surface area contributed by atoms with E-state index in [9.17, 15) is 18.9 Å². The molecule has 1 atom stereocenters. The second-order valence-corrected chi connectivity index (χ2v) is 11.9. The maximum atomic E-state index is 13.9. The fraction of sp³-hybridized carbons (Fsp3) is 0.321. The Kier molecular flexibility index (Phi) is 8.63. The predicted molar refractivity (Wildman–Crippen MR) is 137 cm³/mol. The lowest BCUT2D eigenvalue weighted by Gasteiger charge is -2.26. The number of hydrogen-bond acceptors (Lipinski definition) is 4. The fourth-order valence-electron chi connectivity index (χ4n) is 4.47. The van der Waals surface area contributed by atoms with Crippen LogP contribution < -0.4 is 10.6 Å². The van der Waals surface area contributed by atoms with E-state index in [1.165, 1.54) is 31.6 Å². The number of allylic oxidation sites excluding steroid dienone is 2. The standard InChI is InChI=1S/C19H21O2P.C9H10O4/c20-19(16-10-4-1-5-11-16)22(21,17-12-6-2-7-13-17)18-14-8-3-9-15-18;1-9(8(12)13)4-2-3-6(5-9)7(10)11/h2-3,6-9,12-16H,1,4-5,10-11H2;2-4H,5H2,1H3,(H,10,11)(H,12,13). The summed E-state index contributed by atoms with van der Waals surface area (Å²) >= 11 is 0. The summed E-state index contributed by atoms with van der Waals surface area (Å²) in [6.45, 7) is 1.50. The largest absolute Gasteiger partial charge is 0.481 e. The SMILES string of the molecule is CC1(C(=O)O)C=CC=C(C(=O)O)C1.O=C(C1CCCCC1)P(=O)(c1ccccc1)c1ccccc1. The zero-order valence-electron chi connectivity index (χ0n) is 19.8. The Morgan fingerprint density at radius 1 is 0.857 bits per heavy atom. The third kappa shape index (κ3) is 6.07. The summed E-state index contributed by atoms with van der Waals surface area (Å²) in [6, 6.07) is 18.5. The van der Waals surface area contributed by atoms with E-state index in [2.05, 4.69) is 0 Å². The van der Waals surface area contributed by atoms with E-state index in [4.69, 9.17) is 10.2 Å². The first kappa shape index (κ1) is 26.4. The fourth-order valence-corrected chi connectivity index (χ4v) is 7.23. The van der Waals surface area contributed by atoms with Gasteiger partial charge in [0.25, 0.3) is 0 Å². The summed E-state index contributed by atoms with van der Waals surface area (Å²) < 4.78 is 13.9. The lowest BCUT2D eigenvalue weighted by molar-refractivity contribution is -0.145. The minimum atomic E-state index is -3.22. The molecule has 0 aliphatic heterocycles. The maximum Gasteiger partial charge on any atom is 0.331 e. The van der Waals surface area contributed by atoms with Gasteiger partial charge in [0, 0.05) is 22.1 Å². The number of carbonyl (C=O) groups excluding carboxylic acids is 1. The number of rotatable bonds is 6. The van der Waals surface area contributed by atoms with Crippen molar-refractivity contribution in [3.63, 3.8) is 0 Å². The molecule has 1 unspecified atom stereocenters. The lowest BCUT2D eigenvalue weighted by Crippen LogP contribution is -2.28. The Balaban J connectivity index is 0.000000225. The molecule has 0 radical (unpaired) electrons. The molecule has 1 saturated carbocycles. The van der Waals surface area contributed by atoms with Crippen molar-refractivity contribution in [3.05, 3.63) is 84.5 Å². The van der Waals surface area contributed by atoms with Gasteiger partial charge in [-0.3, -0.25) is 9.59 Å². The van der Waals surface area contributed by atoms with Gasteiger partial charge in [0.15, 0.2) is 0 Å². The maximum absolute atomic E-state index is 13.9. The molecule has 2 aromatic carbocycles. The molecule has 0 heterocycles. The van der Waals surface area contributed by atoms with E-state index in [0.717, 1.165) is 25.7 Å². The number of hydrogen-bond donors (Lipinski definition) is 2. The number of carboxylic acid groups (broad SMARTS) is 2. The van der Waals surface area contributed by atoms with Gasteiger partial charge < -0.3 is 14.8 Å². The third-order valence-electron chi connectivity index (χ3n) is 6.59. The second kappa shape index (κ2) is 11.5. The van der Waals surface area contributed by atoms with Gasteiger partial charge in [-0.1, -0.05) is 98.2 Å². The van der Waals surface area contributed by atoms with Crippen LogP contribution in [0.4, 0.5) is 0 Å². The normalized spacial score (nSPS) is 20.2. The molecule has 0 bridgehead atoms. The topological polar surface area (TPSA) is 109 Å². The molecule has 2 N–H and O–H groups in total. The molecule has 184 valence electrons. The van der Waals surface area contributed by atoms with Crippen molar-refractivity contribution in [2.45, 2.75) is 45.4 Å². The smallest absolute Gasteiger partial charge is 0.331 e. The number of carbonyl (C=O) groups is 3. The second-order valence-electron chi connectivity index (χ2n) is 9.21. The highest BCUT2D eigenvalue weighted by Gasteiger charge is 2.40. The van der Waals surface area contributed by atoms with Crippen LogP contribution in [0.25, 0.3) is 0 Å². The van der Waals surface area contributed by atoms with Crippen LogP contribution in [0.2, 0.25) is 0 Å². The minimum Gasteiger partial charge on any atom is -0.481 e. The van der Waals surface area contributed by atoms with Gasteiger partial charge in [0.1, 0.15) is 0 Å². The van der Waals surface area contributed by atoms with E-state index in [1.807, 2.05) is 60.7 Å². The van der Waals surface area contributed by atoms with Crippen LogP contribution in [-0.4, -0.2) is 27.7 Å². The predicted octanol–water partition coefficient (Wildman–Crippen LogP) is 5.16. The van der Waals surface area contributed by atoms with Crippen LogP contribution in [0.3, 0.4) is 0 Å². The molecular formula is C28H31O6P. The number of aliphatic carboxylic acids is 2. The van der Waals surface area contributed by atoms with Gasteiger partial charge in [0.2, 0.25) is 12.7 Å². The van der Waals surface area contributed by atoms with Crippen molar-refractivity contribution in [1.82, 2.24) is 0 Å². The molecule has 4 rings (SSSR count). The molecule has 0 aromatic heterocycles. The summed E-state index contributed by atoms with van der Waals surface area (Å²) in [6.07, 6.45) is 9.51. The monoisotopic (exact) mass is 494 g/mol. The van der Waals surface area contributed by atoms with Gasteiger partial charge in [0.05, 0.1) is 5.41 Å². The highest BCUT2D eigenvalue weighted by Crippen LogP contribution is 2.49. The number of carboxylic acids is 2. The van der Waals surface area contributed by atoms with Gasteiger partial charge in [-0.25, -0.2) is 4.79 Å². The third-order valence-corrected chi connectivity index (χ3v) is 9.62. The molecule has 7 heteroatoms. The van der Waals surface area contributed by atoms with Crippen LogP contribution >= 0.6 is 7.14 Å². The minimum absolute atomic E-state index is 0.0359. The van der Waals surface area contributed by atoms with Gasteiger partial charge in [-0.05, 0) is 26.2 Å². The van der Waals surface area contributed by atoms with E-state index in [1.54, 1.807) is 0 Å². The molecule has 0 saturated heterocycles. The first-order valence-electron chi connectivity index (χ1n) is 11.8. The van der Waals surface area contributed by atoms with E-state index in [-0.39, 0.29) is 23.4 Å². The Morgan fingerprint density at radius 2 is 1.37 bits per heavy atom. The first-order chi connectivity index (χ1) is 16.7. The summed E-state index contributed by atoms with van der Waals surface area (Å²) in [5.74, 6) is -2.12. The number of benzene rings is 2. The van der Waals surface area contributed by atoms with Crippen molar-refractivity contribution in [1.29, 1.82) is 0 Å². The zero-order chi connectivity index (χ0) is 25.5. The summed E-state index contributed by atoms with van der Waals surface area (Å²) in [5.41, 5.74) is -1.00. The van der Waals surface area contributed by atoms with Crippen LogP contribution in [0.15, 0.2) is 84.5 Å².